The maximum Gasteiger partial charge on any atom is 0.359 e. The molecule has 9 heteroatoms. The van der Waals surface area contributed by atoms with Crippen LogP contribution in [-0.4, -0.2) is 16.6 Å². The van der Waals surface area contributed by atoms with Gasteiger partial charge in [-0.2, -0.15) is 5.26 Å². The topological polar surface area (TPSA) is 105 Å². The summed E-state index contributed by atoms with van der Waals surface area (Å²) in [6.45, 7) is 10.5. The zero-order valence-electron chi connectivity index (χ0n) is 22.4. The normalized spacial score (nSPS) is 12.2. The Morgan fingerprint density at radius 1 is 1.21 bits per heavy atom. The van der Waals surface area contributed by atoms with Gasteiger partial charge in [0, 0.05) is 16.7 Å². The summed E-state index contributed by atoms with van der Waals surface area (Å²) in [5.74, 6) is -1.24. The molecule has 2 aromatic carbocycles. The first-order valence-corrected chi connectivity index (χ1v) is 12.6. The Bertz CT molecular complexity index is 1720. The molecule has 0 radical (unpaired) electrons. The number of nitriles is 1. The van der Waals surface area contributed by atoms with Gasteiger partial charge in [0.2, 0.25) is 0 Å². The molecular formula is C30H27ClFN3O4. The largest absolute Gasteiger partial charge is 0.455 e. The predicted octanol–water partition coefficient (Wildman–Crippen LogP) is 7.26. The first-order valence-electron chi connectivity index (χ1n) is 12.2. The molecule has 0 aliphatic carbocycles. The second kappa shape index (κ2) is 10.5. The number of anilines is 1. The lowest BCUT2D eigenvalue weighted by Gasteiger charge is -2.22. The summed E-state index contributed by atoms with van der Waals surface area (Å²) in [6.07, 6.45) is 0. The van der Waals surface area contributed by atoms with Crippen LogP contribution in [0.15, 0.2) is 51.7 Å². The van der Waals surface area contributed by atoms with E-state index in [9.17, 15) is 19.2 Å². The van der Waals surface area contributed by atoms with E-state index in [1.165, 1.54) is 12.1 Å². The molecule has 7 nitrogen and oxygen atoms in total. The highest BCUT2D eigenvalue weighted by atomic mass is 35.5. The second-order valence-electron chi connectivity index (χ2n) is 10.3. The Balaban J connectivity index is 1.87. The highest BCUT2D eigenvalue weighted by Gasteiger charge is 2.25. The van der Waals surface area contributed by atoms with Crippen LogP contribution in [0.2, 0.25) is 5.15 Å². The molecule has 0 aliphatic rings. The van der Waals surface area contributed by atoms with Crippen LogP contribution >= 0.6 is 11.6 Å². The summed E-state index contributed by atoms with van der Waals surface area (Å²) in [6, 6.07) is 12.3. The molecule has 0 bridgehead atoms. The van der Waals surface area contributed by atoms with E-state index in [2.05, 4.69) is 10.3 Å². The van der Waals surface area contributed by atoms with E-state index in [4.69, 9.17) is 20.8 Å². The van der Waals surface area contributed by atoms with Gasteiger partial charge >= 0.3 is 5.97 Å². The van der Waals surface area contributed by atoms with Gasteiger partial charge in [-0.05, 0) is 77.4 Å². The summed E-state index contributed by atoms with van der Waals surface area (Å²) in [7, 11) is 0. The molecule has 2 aromatic heterocycles. The number of ether oxygens (including phenoxy) is 1. The molecule has 200 valence electrons. The van der Waals surface area contributed by atoms with Gasteiger partial charge < -0.3 is 14.5 Å². The van der Waals surface area contributed by atoms with Crippen LogP contribution in [0.5, 0.6) is 0 Å². The maximum atomic E-state index is 14.4. The first-order chi connectivity index (χ1) is 18.3. The number of hydrogen-bond acceptors (Lipinski definition) is 7. The summed E-state index contributed by atoms with van der Waals surface area (Å²) in [4.78, 5) is 30.5. The number of pyridine rings is 1. The number of fused-ring (bicyclic) bond motifs is 1. The van der Waals surface area contributed by atoms with Gasteiger partial charge in [0.1, 0.15) is 34.0 Å². The number of nitrogens with zero attached hydrogens (tertiary/aromatic N) is 2. The van der Waals surface area contributed by atoms with Crippen molar-refractivity contribution < 1.29 is 18.3 Å². The second-order valence-corrected chi connectivity index (χ2v) is 10.7. The Kier molecular flexibility index (Phi) is 7.49. The molecule has 4 rings (SSSR count). The minimum absolute atomic E-state index is 0.0117. The molecule has 0 fully saturated rings. The molecule has 0 unspecified atom stereocenters. The third-order valence-electron chi connectivity index (χ3n) is 6.05. The molecule has 0 saturated heterocycles. The lowest BCUT2D eigenvalue weighted by molar-refractivity contribution is 0.00640. The number of benzene rings is 2. The Labute approximate surface area is 230 Å². The number of rotatable bonds is 5. The number of halogens is 2. The minimum atomic E-state index is -0.742. The highest BCUT2D eigenvalue weighted by molar-refractivity contribution is 6.29. The number of aromatic nitrogens is 1. The van der Waals surface area contributed by atoms with Crippen molar-refractivity contribution in [3.8, 4) is 17.4 Å². The van der Waals surface area contributed by atoms with Gasteiger partial charge in [0.15, 0.2) is 11.1 Å². The molecule has 0 saturated carbocycles. The van der Waals surface area contributed by atoms with Gasteiger partial charge in [0.05, 0.1) is 22.7 Å². The number of carbonyl (C=O) groups is 1. The molecule has 0 aliphatic heterocycles. The van der Waals surface area contributed by atoms with Gasteiger partial charge in [-0.15, -0.1) is 0 Å². The van der Waals surface area contributed by atoms with Crippen LogP contribution in [-0.2, 0) is 4.74 Å². The van der Waals surface area contributed by atoms with Crippen molar-refractivity contribution in [2.75, 3.05) is 5.32 Å². The summed E-state index contributed by atoms with van der Waals surface area (Å²) >= 11 is 6.08. The van der Waals surface area contributed by atoms with Gasteiger partial charge in [-0.3, -0.25) is 4.79 Å². The van der Waals surface area contributed by atoms with Crippen molar-refractivity contribution in [3.05, 3.63) is 91.6 Å². The zero-order chi connectivity index (χ0) is 28.6. The highest BCUT2D eigenvalue weighted by Crippen LogP contribution is 2.34. The Morgan fingerprint density at radius 3 is 2.59 bits per heavy atom. The first kappa shape index (κ1) is 27.8. The average molecular weight is 548 g/mol. The van der Waals surface area contributed by atoms with Crippen molar-refractivity contribution in [2.24, 2.45) is 0 Å². The number of nitrogens with one attached hydrogen (secondary N) is 1. The van der Waals surface area contributed by atoms with E-state index >= 15 is 0 Å². The van der Waals surface area contributed by atoms with Crippen LogP contribution in [0.25, 0.3) is 22.3 Å². The fraction of sp³-hybridized carbons (Fsp3) is 0.267. The number of aryl methyl sites for hydroxylation is 1. The molecule has 39 heavy (non-hydrogen) atoms. The molecule has 0 amide bonds. The quantitative estimate of drug-likeness (QED) is 0.207. The Morgan fingerprint density at radius 2 is 1.92 bits per heavy atom. The third-order valence-corrected chi connectivity index (χ3v) is 6.26. The zero-order valence-corrected chi connectivity index (χ0v) is 23.2. The van der Waals surface area contributed by atoms with Crippen molar-refractivity contribution in [1.82, 2.24) is 4.98 Å². The summed E-state index contributed by atoms with van der Waals surface area (Å²) in [5.41, 5.74) is 1.30. The molecule has 4 aromatic rings. The molecule has 0 spiro atoms. The van der Waals surface area contributed by atoms with Gasteiger partial charge in [0.25, 0.3) is 0 Å². The predicted molar refractivity (Wildman–Crippen MR) is 149 cm³/mol. The van der Waals surface area contributed by atoms with Crippen molar-refractivity contribution >= 4 is 34.2 Å². The lowest BCUT2D eigenvalue weighted by Crippen LogP contribution is -2.25. The fourth-order valence-electron chi connectivity index (χ4n) is 4.32. The molecule has 1 N–H and O–H groups in total. The lowest BCUT2D eigenvalue weighted by atomic mass is 9.97. The molecule has 2 heterocycles. The number of hydrogen-bond donors (Lipinski definition) is 1. The van der Waals surface area contributed by atoms with Crippen molar-refractivity contribution in [3.63, 3.8) is 0 Å². The SMILES string of the molecule is Cc1cc([C@@H](C)Nc2ccc(Cl)nc2C(=O)OC(C)(C)C)c2oc(-c3cccc(F)c3C#N)c(C)c(=O)c2c1. The van der Waals surface area contributed by atoms with E-state index < -0.39 is 23.4 Å². The van der Waals surface area contributed by atoms with Crippen LogP contribution in [0.1, 0.15) is 66.5 Å². The van der Waals surface area contributed by atoms with Crippen LogP contribution in [0.3, 0.4) is 0 Å². The molecular weight excluding hydrogens is 521 g/mol. The van der Waals surface area contributed by atoms with E-state index in [1.807, 2.05) is 26.0 Å². The monoisotopic (exact) mass is 547 g/mol. The fourth-order valence-corrected chi connectivity index (χ4v) is 4.47. The van der Waals surface area contributed by atoms with Crippen molar-refractivity contribution in [1.29, 1.82) is 5.26 Å². The smallest absolute Gasteiger partial charge is 0.359 e. The Hall–Kier alpha value is -4.22. The summed E-state index contributed by atoms with van der Waals surface area (Å²) in [5, 5.41) is 13.3. The number of esters is 1. The van der Waals surface area contributed by atoms with E-state index in [0.717, 1.165) is 5.56 Å². The maximum absolute atomic E-state index is 14.4. The minimum Gasteiger partial charge on any atom is -0.455 e. The van der Waals surface area contributed by atoms with Gasteiger partial charge in [-0.25, -0.2) is 14.2 Å². The van der Waals surface area contributed by atoms with Gasteiger partial charge in [-0.1, -0.05) is 23.7 Å². The van der Waals surface area contributed by atoms with Crippen LogP contribution in [0.4, 0.5) is 10.1 Å². The third kappa shape index (κ3) is 5.64. The van der Waals surface area contributed by atoms with Crippen LogP contribution < -0.4 is 10.7 Å². The van der Waals surface area contributed by atoms with E-state index in [0.29, 0.717) is 16.6 Å². The number of carbonyl (C=O) groups excluding carboxylic acids is 1. The van der Waals surface area contributed by atoms with Crippen molar-refractivity contribution in [2.45, 2.75) is 53.2 Å². The van der Waals surface area contributed by atoms with Crippen LogP contribution in [0, 0.1) is 31.0 Å². The van der Waals surface area contributed by atoms with E-state index in [1.54, 1.807) is 52.0 Å². The molecule has 1 atom stereocenters. The van der Waals surface area contributed by atoms with E-state index in [-0.39, 0.29) is 44.3 Å². The average Bonchev–Trinajstić information content (AvgIpc) is 2.85. The standard InChI is InChI=1S/C30H27ClFN3O4/c1-15-12-19(17(3)34-23-10-11-24(31)35-25(23)29(37)39-30(4,5)6)28-20(13-15)26(36)16(2)27(38-28)18-8-7-9-22(32)21(18)14-33/h7-13,17,34H,1-6H3/t17-/m1/s1. The summed E-state index contributed by atoms with van der Waals surface area (Å²) < 4.78 is 26.2.